The van der Waals surface area contributed by atoms with Crippen molar-refractivity contribution in [2.75, 3.05) is 10.5 Å². The molecule has 0 aliphatic rings. The van der Waals surface area contributed by atoms with Crippen LogP contribution in [0.15, 0.2) is 42.5 Å². The lowest BCUT2D eigenvalue weighted by molar-refractivity contribution is 0.600. The minimum Gasteiger partial charge on any atom is -0.399 e. The Labute approximate surface area is 119 Å². The molecular weight excluding hydrogens is 272 g/mol. The summed E-state index contributed by atoms with van der Waals surface area (Å²) in [6, 6.07) is 12.5. The van der Waals surface area contributed by atoms with Crippen molar-refractivity contribution < 1.29 is 8.42 Å². The van der Waals surface area contributed by atoms with Crippen molar-refractivity contribution in [3.63, 3.8) is 0 Å². The van der Waals surface area contributed by atoms with Crippen LogP contribution in [0.3, 0.4) is 0 Å². The molecule has 0 unspecified atom stereocenters. The molecule has 0 aromatic heterocycles. The average molecular weight is 290 g/mol. The lowest BCUT2D eigenvalue weighted by Gasteiger charge is -2.11. The number of nitrogens with one attached hydrogen (secondary N) is 1. The van der Waals surface area contributed by atoms with Gasteiger partial charge in [-0.05, 0) is 43.2 Å². The van der Waals surface area contributed by atoms with Gasteiger partial charge < -0.3 is 5.73 Å². The van der Waals surface area contributed by atoms with Gasteiger partial charge in [0.15, 0.2) is 0 Å². The van der Waals surface area contributed by atoms with Gasteiger partial charge in [-0.25, -0.2) is 8.42 Å². The Morgan fingerprint density at radius 2 is 1.85 bits per heavy atom. The molecule has 0 amide bonds. The number of rotatable bonds is 4. The monoisotopic (exact) mass is 290 g/mol. The third-order valence-corrected chi connectivity index (χ3v) is 4.20. The summed E-state index contributed by atoms with van der Waals surface area (Å²) >= 11 is 0. The van der Waals surface area contributed by atoms with Crippen LogP contribution in [0, 0.1) is 13.8 Å². The zero-order valence-electron chi connectivity index (χ0n) is 11.6. The van der Waals surface area contributed by atoms with Gasteiger partial charge in [0.1, 0.15) is 0 Å². The maximum absolute atomic E-state index is 12.2. The van der Waals surface area contributed by atoms with Crippen LogP contribution in [0.25, 0.3) is 0 Å². The van der Waals surface area contributed by atoms with Crippen LogP contribution in [0.4, 0.5) is 11.4 Å². The molecular formula is C15H18N2O2S. The summed E-state index contributed by atoms with van der Waals surface area (Å²) in [5.74, 6) is -0.0919. The molecule has 0 aliphatic carbocycles. The standard InChI is InChI=1S/C15H18N2O2S/c1-11-6-7-15(12(2)8-11)17-20(18,19)10-13-4-3-5-14(16)9-13/h3-9,17H,10,16H2,1-2H3. The summed E-state index contributed by atoms with van der Waals surface area (Å²) in [5, 5.41) is 0. The summed E-state index contributed by atoms with van der Waals surface area (Å²) in [6.45, 7) is 3.85. The SMILES string of the molecule is Cc1ccc(NS(=O)(=O)Cc2cccc(N)c2)c(C)c1. The van der Waals surface area contributed by atoms with Gasteiger partial charge in [0.25, 0.3) is 0 Å². The fourth-order valence-corrected chi connectivity index (χ4v) is 3.29. The Morgan fingerprint density at radius 1 is 1.10 bits per heavy atom. The molecule has 0 spiro atoms. The Kier molecular flexibility index (Phi) is 3.99. The van der Waals surface area contributed by atoms with Crippen molar-refractivity contribution in [1.29, 1.82) is 0 Å². The van der Waals surface area contributed by atoms with Crippen molar-refractivity contribution in [1.82, 2.24) is 0 Å². The first-order chi connectivity index (χ1) is 9.35. The van der Waals surface area contributed by atoms with Gasteiger partial charge in [0.05, 0.1) is 11.4 Å². The van der Waals surface area contributed by atoms with Gasteiger partial charge in [0, 0.05) is 5.69 Å². The van der Waals surface area contributed by atoms with Crippen LogP contribution < -0.4 is 10.5 Å². The maximum Gasteiger partial charge on any atom is 0.236 e. The van der Waals surface area contributed by atoms with E-state index in [0.29, 0.717) is 16.9 Å². The molecule has 2 aromatic carbocycles. The van der Waals surface area contributed by atoms with Gasteiger partial charge in [-0.2, -0.15) is 0 Å². The van der Waals surface area contributed by atoms with Crippen LogP contribution in [-0.4, -0.2) is 8.42 Å². The summed E-state index contributed by atoms with van der Waals surface area (Å²) in [7, 11) is -3.45. The van der Waals surface area contributed by atoms with Gasteiger partial charge in [-0.3, -0.25) is 4.72 Å². The fourth-order valence-electron chi connectivity index (χ4n) is 2.03. The molecule has 0 saturated carbocycles. The average Bonchev–Trinajstić information content (AvgIpc) is 2.32. The number of anilines is 2. The summed E-state index contributed by atoms with van der Waals surface area (Å²) in [4.78, 5) is 0. The van der Waals surface area contributed by atoms with Crippen molar-refractivity contribution in [3.8, 4) is 0 Å². The predicted octanol–water partition coefficient (Wildman–Crippen LogP) is 2.83. The minimum atomic E-state index is -3.45. The Morgan fingerprint density at radius 3 is 2.50 bits per heavy atom. The first-order valence-corrected chi connectivity index (χ1v) is 7.93. The zero-order valence-corrected chi connectivity index (χ0v) is 12.4. The van der Waals surface area contributed by atoms with E-state index in [0.717, 1.165) is 11.1 Å². The number of nitrogen functional groups attached to an aromatic ring is 1. The van der Waals surface area contributed by atoms with E-state index in [9.17, 15) is 8.42 Å². The number of sulfonamides is 1. The normalized spacial score (nSPS) is 11.3. The van der Waals surface area contributed by atoms with E-state index in [2.05, 4.69) is 4.72 Å². The zero-order chi connectivity index (χ0) is 14.8. The van der Waals surface area contributed by atoms with Crippen molar-refractivity contribution in [3.05, 3.63) is 59.2 Å². The molecule has 0 saturated heterocycles. The number of aryl methyl sites for hydroxylation is 2. The quantitative estimate of drug-likeness (QED) is 0.850. The molecule has 0 aliphatic heterocycles. The number of hydrogen-bond acceptors (Lipinski definition) is 3. The molecule has 4 nitrogen and oxygen atoms in total. The smallest absolute Gasteiger partial charge is 0.236 e. The molecule has 2 rings (SSSR count). The number of hydrogen-bond donors (Lipinski definition) is 2. The van der Waals surface area contributed by atoms with Crippen molar-refractivity contribution >= 4 is 21.4 Å². The van der Waals surface area contributed by atoms with E-state index in [-0.39, 0.29) is 5.75 Å². The van der Waals surface area contributed by atoms with Gasteiger partial charge in [-0.1, -0.05) is 29.8 Å². The van der Waals surface area contributed by atoms with E-state index in [4.69, 9.17) is 5.73 Å². The van der Waals surface area contributed by atoms with E-state index in [1.165, 1.54) is 0 Å². The lowest BCUT2D eigenvalue weighted by Crippen LogP contribution is -2.16. The molecule has 3 N–H and O–H groups in total. The molecule has 0 bridgehead atoms. The second kappa shape index (κ2) is 5.54. The molecule has 106 valence electrons. The maximum atomic E-state index is 12.2. The van der Waals surface area contributed by atoms with Crippen molar-refractivity contribution in [2.45, 2.75) is 19.6 Å². The first-order valence-electron chi connectivity index (χ1n) is 6.28. The van der Waals surface area contributed by atoms with Gasteiger partial charge >= 0.3 is 0 Å². The summed E-state index contributed by atoms with van der Waals surface area (Å²) in [5.41, 5.74) is 9.50. The second-order valence-electron chi connectivity index (χ2n) is 4.92. The van der Waals surface area contributed by atoms with E-state index >= 15 is 0 Å². The van der Waals surface area contributed by atoms with E-state index in [1.807, 2.05) is 26.0 Å². The number of benzene rings is 2. The predicted molar refractivity (Wildman–Crippen MR) is 83.0 cm³/mol. The van der Waals surface area contributed by atoms with E-state index in [1.54, 1.807) is 30.3 Å². The van der Waals surface area contributed by atoms with Crippen LogP contribution in [-0.2, 0) is 15.8 Å². The molecule has 20 heavy (non-hydrogen) atoms. The second-order valence-corrected chi connectivity index (χ2v) is 6.65. The topological polar surface area (TPSA) is 72.2 Å². The molecule has 5 heteroatoms. The summed E-state index contributed by atoms with van der Waals surface area (Å²) < 4.78 is 26.9. The van der Waals surface area contributed by atoms with Crippen LogP contribution >= 0.6 is 0 Å². The van der Waals surface area contributed by atoms with E-state index < -0.39 is 10.0 Å². The van der Waals surface area contributed by atoms with Gasteiger partial charge in [0.2, 0.25) is 10.0 Å². The highest BCUT2D eigenvalue weighted by molar-refractivity contribution is 7.91. The highest BCUT2D eigenvalue weighted by atomic mass is 32.2. The molecule has 0 radical (unpaired) electrons. The Bertz CT molecular complexity index is 724. The van der Waals surface area contributed by atoms with Gasteiger partial charge in [-0.15, -0.1) is 0 Å². The third kappa shape index (κ3) is 3.74. The highest BCUT2D eigenvalue weighted by Gasteiger charge is 2.13. The van der Waals surface area contributed by atoms with Crippen molar-refractivity contribution in [2.24, 2.45) is 0 Å². The fraction of sp³-hybridized carbons (Fsp3) is 0.200. The summed E-state index contributed by atoms with van der Waals surface area (Å²) in [6.07, 6.45) is 0. The largest absolute Gasteiger partial charge is 0.399 e. The molecule has 0 atom stereocenters. The highest BCUT2D eigenvalue weighted by Crippen LogP contribution is 2.19. The van der Waals surface area contributed by atoms with Crippen LogP contribution in [0.1, 0.15) is 16.7 Å². The Balaban J connectivity index is 2.19. The lowest BCUT2D eigenvalue weighted by atomic mass is 10.1. The van der Waals surface area contributed by atoms with Crippen LogP contribution in [0.5, 0.6) is 0 Å². The molecule has 0 fully saturated rings. The first kappa shape index (κ1) is 14.4. The molecule has 2 aromatic rings. The molecule has 0 heterocycles. The minimum absolute atomic E-state index is 0.0919. The number of nitrogens with two attached hydrogens (primary N) is 1. The van der Waals surface area contributed by atoms with Crippen LogP contribution in [0.2, 0.25) is 0 Å². The Hall–Kier alpha value is -2.01. The third-order valence-electron chi connectivity index (χ3n) is 2.96.